The largest absolute Gasteiger partial charge is 0.458 e. The molecule has 0 unspecified atom stereocenters. The molecule has 3 rings (SSSR count). The molecule has 6 nitrogen and oxygen atoms in total. The minimum Gasteiger partial charge on any atom is -0.458 e. The van der Waals surface area contributed by atoms with Gasteiger partial charge in [0.25, 0.3) is 0 Å². The van der Waals surface area contributed by atoms with Crippen LogP contribution in [0.5, 0.6) is 6.01 Å². The Morgan fingerprint density at radius 2 is 1.52 bits per heavy atom. The molecule has 1 aromatic heterocycles. The smallest absolute Gasteiger partial charge is 0.416 e. The minimum absolute atomic E-state index is 0.0311. The average molecular weight is 471 g/mol. The molecule has 0 aliphatic carbocycles. The van der Waals surface area contributed by atoms with Crippen molar-refractivity contribution in [2.24, 2.45) is 0 Å². The normalized spacial score (nSPS) is 12.2. The van der Waals surface area contributed by atoms with Gasteiger partial charge in [-0.25, -0.2) is 0 Å². The maximum absolute atomic E-state index is 13.2. The summed E-state index contributed by atoms with van der Waals surface area (Å²) in [7, 11) is 0. The number of hydrogen-bond donors (Lipinski definition) is 1. The Hall–Kier alpha value is -3.57. The van der Waals surface area contributed by atoms with Gasteiger partial charge < -0.3 is 15.4 Å². The van der Waals surface area contributed by atoms with Gasteiger partial charge in [0.05, 0.1) is 11.1 Å². The van der Waals surface area contributed by atoms with Gasteiger partial charge in [-0.15, -0.1) is 0 Å². The van der Waals surface area contributed by atoms with Gasteiger partial charge >= 0.3 is 18.4 Å². The summed E-state index contributed by atoms with van der Waals surface area (Å²) in [5, 5.41) is 0. The maximum Gasteiger partial charge on any atom is 0.416 e. The molecule has 1 heterocycles. The van der Waals surface area contributed by atoms with E-state index >= 15 is 0 Å². The third kappa shape index (κ3) is 5.82. The van der Waals surface area contributed by atoms with Crippen LogP contribution in [0.15, 0.2) is 48.5 Å². The molecule has 0 aliphatic rings. The number of alkyl halides is 6. The summed E-state index contributed by atoms with van der Waals surface area (Å²) in [6.45, 7) is 3.01. The second-order valence-electron chi connectivity index (χ2n) is 7.23. The lowest BCUT2D eigenvalue weighted by Crippen LogP contribution is -2.28. The third-order valence-electron chi connectivity index (χ3n) is 4.50. The van der Waals surface area contributed by atoms with Crippen molar-refractivity contribution in [1.29, 1.82) is 0 Å². The zero-order chi connectivity index (χ0) is 24.4. The van der Waals surface area contributed by atoms with Gasteiger partial charge in [0.2, 0.25) is 11.9 Å². The van der Waals surface area contributed by atoms with Crippen LogP contribution < -0.4 is 15.4 Å². The Morgan fingerprint density at radius 3 is 2.09 bits per heavy atom. The molecule has 0 fully saturated rings. The van der Waals surface area contributed by atoms with Crippen molar-refractivity contribution in [1.82, 2.24) is 15.0 Å². The summed E-state index contributed by atoms with van der Waals surface area (Å²) in [5.74, 6) is -0.298. The van der Waals surface area contributed by atoms with Crippen LogP contribution in [0, 0.1) is 0 Å². The van der Waals surface area contributed by atoms with Crippen LogP contribution in [0.3, 0.4) is 0 Å². The Balaban J connectivity index is 1.90. The van der Waals surface area contributed by atoms with Crippen molar-refractivity contribution in [3.05, 3.63) is 65.2 Å². The molecule has 176 valence electrons. The van der Waals surface area contributed by atoms with E-state index in [1.807, 2.05) is 0 Å². The van der Waals surface area contributed by atoms with Crippen molar-refractivity contribution in [3.63, 3.8) is 0 Å². The molecule has 3 aromatic rings. The Kier molecular flexibility index (Phi) is 6.65. The second-order valence-corrected chi connectivity index (χ2v) is 7.23. The van der Waals surface area contributed by atoms with E-state index in [-0.39, 0.29) is 29.5 Å². The monoisotopic (exact) mass is 471 g/mol. The predicted octanol–water partition coefficient (Wildman–Crippen LogP) is 5.62. The molecule has 12 heteroatoms. The molecule has 2 aromatic carbocycles. The summed E-state index contributed by atoms with van der Waals surface area (Å²) in [6.07, 6.45) is -9.06. The zero-order valence-electron chi connectivity index (χ0n) is 17.4. The van der Waals surface area contributed by atoms with Gasteiger partial charge in [-0.2, -0.15) is 41.3 Å². The topological polar surface area (TPSA) is 77.2 Å². The van der Waals surface area contributed by atoms with Crippen molar-refractivity contribution in [3.8, 4) is 6.01 Å². The lowest BCUT2D eigenvalue weighted by Gasteiger charge is -2.27. The minimum atomic E-state index is -4.57. The molecule has 0 radical (unpaired) electrons. The number of benzene rings is 2. The van der Waals surface area contributed by atoms with Crippen LogP contribution in [-0.2, 0) is 19.0 Å². The summed E-state index contributed by atoms with van der Waals surface area (Å²) < 4.78 is 83.6. The van der Waals surface area contributed by atoms with Crippen LogP contribution in [0.2, 0.25) is 0 Å². The van der Waals surface area contributed by atoms with Crippen molar-refractivity contribution < 1.29 is 31.1 Å². The third-order valence-corrected chi connectivity index (χ3v) is 4.50. The lowest BCUT2D eigenvalue weighted by molar-refractivity contribution is -0.139. The molecule has 0 bridgehead atoms. The number of anilines is 3. The van der Waals surface area contributed by atoms with Gasteiger partial charge in [-0.1, -0.05) is 18.2 Å². The molecular weight excluding hydrogens is 452 g/mol. The van der Waals surface area contributed by atoms with Crippen molar-refractivity contribution in [2.75, 3.05) is 10.6 Å². The quantitative estimate of drug-likeness (QED) is 0.471. The number of hydrogen-bond acceptors (Lipinski definition) is 6. The van der Waals surface area contributed by atoms with Crippen LogP contribution in [0.25, 0.3) is 0 Å². The highest BCUT2D eigenvalue weighted by Crippen LogP contribution is 2.34. The molecule has 33 heavy (non-hydrogen) atoms. The summed E-state index contributed by atoms with van der Waals surface area (Å²) in [5.41, 5.74) is 4.26. The first-order valence-corrected chi connectivity index (χ1v) is 9.62. The molecule has 2 N–H and O–H groups in total. The van der Waals surface area contributed by atoms with Crippen molar-refractivity contribution in [2.45, 2.75) is 38.8 Å². The van der Waals surface area contributed by atoms with Gasteiger partial charge in [-0.3, -0.25) is 0 Å². The van der Waals surface area contributed by atoms with E-state index in [1.54, 1.807) is 13.8 Å². The van der Waals surface area contributed by atoms with E-state index in [1.165, 1.54) is 35.2 Å². The van der Waals surface area contributed by atoms with E-state index in [9.17, 15) is 26.3 Å². The van der Waals surface area contributed by atoms with Gasteiger partial charge in [-0.05, 0) is 44.2 Å². The summed E-state index contributed by atoms with van der Waals surface area (Å²) >= 11 is 0. The lowest BCUT2D eigenvalue weighted by atomic mass is 10.1. The Bertz CT molecular complexity index is 1100. The summed E-state index contributed by atoms with van der Waals surface area (Å²) in [4.78, 5) is 13.4. The van der Waals surface area contributed by atoms with Gasteiger partial charge in [0, 0.05) is 17.3 Å². The molecule has 0 atom stereocenters. The van der Waals surface area contributed by atoms with Crippen LogP contribution >= 0.6 is 0 Å². The predicted molar refractivity (Wildman–Crippen MR) is 109 cm³/mol. The number of halogens is 6. The Labute approximate surface area is 185 Å². The summed E-state index contributed by atoms with van der Waals surface area (Å²) in [6, 6.07) is 8.58. The fraction of sp³-hybridized carbons (Fsp3) is 0.286. The first-order chi connectivity index (χ1) is 15.4. The highest BCUT2D eigenvalue weighted by molar-refractivity contribution is 5.59. The number of ether oxygens (including phenoxy) is 1. The first-order valence-electron chi connectivity index (χ1n) is 9.62. The number of nitrogen functional groups attached to an aromatic ring is 1. The number of nitrogens with zero attached hydrogens (tertiary/aromatic N) is 4. The highest BCUT2D eigenvalue weighted by atomic mass is 19.4. The Morgan fingerprint density at radius 1 is 0.879 bits per heavy atom. The maximum atomic E-state index is 13.2. The van der Waals surface area contributed by atoms with Crippen molar-refractivity contribution >= 4 is 17.6 Å². The standard InChI is InChI=1S/C21H19F6N5O/c1-12(2)32(15-9-7-14(8-10-15)20(22,23)24)18-29-17(28)30-19(31-18)33-11-13-5-3-4-6-16(13)21(25,26)27/h3-10,12H,11H2,1-2H3,(H2,28,29,30,31). The van der Waals surface area contributed by atoms with Gasteiger partial charge in [0.15, 0.2) is 0 Å². The van der Waals surface area contributed by atoms with E-state index in [0.717, 1.165) is 18.2 Å². The molecule has 0 aliphatic heterocycles. The second kappa shape index (κ2) is 9.12. The number of aromatic nitrogens is 3. The van der Waals surface area contributed by atoms with E-state index in [0.29, 0.717) is 5.69 Å². The molecule has 0 saturated carbocycles. The van der Waals surface area contributed by atoms with Crippen LogP contribution in [-0.4, -0.2) is 21.0 Å². The van der Waals surface area contributed by atoms with Crippen LogP contribution in [0.4, 0.5) is 43.9 Å². The number of nitrogens with two attached hydrogens (primary N) is 1. The van der Waals surface area contributed by atoms with Gasteiger partial charge in [0.1, 0.15) is 6.61 Å². The fourth-order valence-corrected chi connectivity index (χ4v) is 3.05. The van der Waals surface area contributed by atoms with Crippen LogP contribution in [0.1, 0.15) is 30.5 Å². The molecule has 0 amide bonds. The van der Waals surface area contributed by atoms with E-state index < -0.39 is 30.1 Å². The SMILES string of the molecule is CC(C)N(c1ccc(C(F)(F)F)cc1)c1nc(N)nc(OCc2ccccc2C(F)(F)F)n1. The van der Waals surface area contributed by atoms with E-state index in [4.69, 9.17) is 10.5 Å². The zero-order valence-corrected chi connectivity index (χ0v) is 17.4. The molecule has 0 saturated heterocycles. The fourth-order valence-electron chi connectivity index (χ4n) is 3.05. The number of rotatable bonds is 6. The molecule has 0 spiro atoms. The first kappa shape index (κ1) is 24.1. The average Bonchev–Trinajstić information content (AvgIpc) is 2.71. The highest BCUT2D eigenvalue weighted by Gasteiger charge is 2.33. The molecular formula is C21H19F6N5O. The van der Waals surface area contributed by atoms with E-state index in [2.05, 4.69) is 15.0 Å².